The second-order valence-electron chi connectivity index (χ2n) is 5.09. The minimum atomic E-state index is -0.687. The highest BCUT2D eigenvalue weighted by molar-refractivity contribution is 6.33. The van der Waals surface area contributed by atoms with Gasteiger partial charge in [0.05, 0.1) is 22.9 Å². The molecule has 2 aromatic rings. The molecule has 4 heteroatoms. The van der Waals surface area contributed by atoms with E-state index in [1.165, 1.54) is 6.07 Å². The van der Waals surface area contributed by atoms with Gasteiger partial charge in [-0.15, -0.1) is 0 Å². The summed E-state index contributed by atoms with van der Waals surface area (Å²) in [6.45, 7) is 1.70. The highest BCUT2D eigenvalue weighted by Crippen LogP contribution is 2.26. The Morgan fingerprint density at radius 3 is 2.45 bits per heavy atom. The predicted octanol–water partition coefficient (Wildman–Crippen LogP) is 3.88. The second-order valence-corrected chi connectivity index (χ2v) is 5.50. The normalized spacial score (nSPS) is 13.8. The van der Waals surface area contributed by atoms with Crippen LogP contribution < -0.4 is 5.32 Å². The maximum absolute atomic E-state index is 13.7. The van der Waals surface area contributed by atoms with Gasteiger partial charge in [-0.2, -0.15) is 0 Å². The largest absolute Gasteiger partial charge is 0.394 e. The van der Waals surface area contributed by atoms with Crippen molar-refractivity contribution in [3.8, 4) is 0 Å². The maximum Gasteiger partial charge on any atom is 0.126 e. The summed E-state index contributed by atoms with van der Waals surface area (Å²) >= 11 is 6.10. The Balaban J connectivity index is 2.22. The summed E-state index contributed by atoms with van der Waals surface area (Å²) in [6.07, 6.45) is 0.362. The first-order valence-electron chi connectivity index (χ1n) is 6.41. The number of aliphatic hydroxyl groups is 1. The van der Waals surface area contributed by atoms with Gasteiger partial charge in [0.2, 0.25) is 0 Å². The third-order valence-corrected chi connectivity index (χ3v) is 3.53. The van der Waals surface area contributed by atoms with Crippen LogP contribution in [-0.2, 0) is 6.42 Å². The number of hydrogen-bond donors (Lipinski definition) is 2. The van der Waals surface area contributed by atoms with Crippen LogP contribution in [0.4, 0.5) is 10.1 Å². The van der Waals surface area contributed by atoms with Crippen molar-refractivity contribution in [2.24, 2.45) is 0 Å². The number of benzene rings is 2. The molecule has 1 atom stereocenters. The van der Waals surface area contributed by atoms with Crippen LogP contribution in [0.5, 0.6) is 0 Å². The predicted molar refractivity (Wildman–Crippen MR) is 80.7 cm³/mol. The molecule has 0 saturated heterocycles. The SMILES string of the molecule is CC(CO)(Cc1ccccc1F)Nc1ccccc1Cl. The van der Waals surface area contributed by atoms with E-state index in [1.54, 1.807) is 24.3 Å². The van der Waals surface area contributed by atoms with Crippen molar-refractivity contribution in [1.29, 1.82) is 0 Å². The molecule has 2 N–H and O–H groups in total. The maximum atomic E-state index is 13.7. The van der Waals surface area contributed by atoms with Crippen LogP contribution in [0.3, 0.4) is 0 Å². The molecule has 0 aliphatic rings. The highest BCUT2D eigenvalue weighted by atomic mass is 35.5. The Bertz CT molecular complexity index is 541. The minimum Gasteiger partial charge on any atom is -0.394 e. The Morgan fingerprint density at radius 1 is 1.15 bits per heavy atom. The van der Waals surface area contributed by atoms with E-state index in [0.717, 1.165) is 5.69 Å². The minimum absolute atomic E-state index is 0.132. The van der Waals surface area contributed by atoms with Gasteiger partial charge < -0.3 is 10.4 Å². The summed E-state index contributed by atoms with van der Waals surface area (Å²) in [6, 6.07) is 13.9. The Morgan fingerprint density at radius 2 is 1.80 bits per heavy atom. The molecule has 0 aromatic heterocycles. The fourth-order valence-corrected chi connectivity index (χ4v) is 2.27. The van der Waals surface area contributed by atoms with Crippen LogP contribution in [0.1, 0.15) is 12.5 Å². The first-order valence-corrected chi connectivity index (χ1v) is 6.79. The third kappa shape index (κ3) is 3.50. The van der Waals surface area contributed by atoms with Gasteiger partial charge >= 0.3 is 0 Å². The first kappa shape index (κ1) is 14.8. The van der Waals surface area contributed by atoms with E-state index >= 15 is 0 Å². The molecule has 2 nitrogen and oxygen atoms in total. The van der Waals surface area contributed by atoms with Crippen LogP contribution in [0.15, 0.2) is 48.5 Å². The fourth-order valence-electron chi connectivity index (χ4n) is 2.09. The van der Waals surface area contributed by atoms with Gasteiger partial charge in [0.15, 0.2) is 0 Å². The van der Waals surface area contributed by atoms with Crippen molar-refractivity contribution in [3.05, 3.63) is 64.9 Å². The topological polar surface area (TPSA) is 32.3 Å². The molecule has 2 rings (SSSR count). The van der Waals surface area contributed by atoms with Crippen molar-refractivity contribution < 1.29 is 9.50 Å². The van der Waals surface area contributed by atoms with Gasteiger partial charge in [-0.25, -0.2) is 4.39 Å². The van der Waals surface area contributed by atoms with E-state index in [2.05, 4.69) is 5.32 Å². The van der Waals surface area contributed by atoms with E-state index < -0.39 is 5.54 Å². The molecule has 0 spiro atoms. The summed E-state index contributed by atoms with van der Waals surface area (Å²) in [5.41, 5.74) is 0.596. The van der Waals surface area contributed by atoms with Crippen LogP contribution in [-0.4, -0.2) is 17.3 Å². The lowest BCUT2D eigenvalue weighted by Crippen LogP contribution is -2.41. The molecule has 106 valence electrons. The summed E-state index contributed by atoms with van der Waals surface area (Å²) in [5, 5.41) is 13.4. The van der Waals surface area contributed by atoms with E-state index in [1.807, 2.05) is 25.1 Å². The molecule has 0 heterocycles. The summed E-state index contributed by atoms with van der Waals surface area (Å²) in [5.74, 6) is -0.270. The molecule has 0 fully saturated rings. The number of nitrogens with one attached hydrogen (secondary N) is 1. The zero-order chi connectivity index (χ0) is 14.6. The van der Waals surface area contributed by atoms with Gasteiger partial charge in [-0.3, -0.25) is 0 Å². The van der Waals surface area contributed by atoms with E-state index in [0.29, 0.717) is 17.0 Å². The number of hydrogen-bond acceptors (Lipinski definition) is 2. The molecule has 0 aliphatic heterocycles. The van der Waals surface area contributed by atoms with Crippen molar-refractivity contribution in [1.82, 2.24) is 0 Å². The Kier molecular flexibility index (Phi) is 4.63. The van der Waals surface area contributed by atoms with Crippen LogP contribution >= 0.6 is 11.6 Å². The monoisotopic (exact) mass is 293 g/mol. The van der Waals surface area contributed by atoms with Gasteiger partial charge in [-0.05, 0) is 30.7 Å². The van der Waals surface area contributed by atoms with Crippen LogP contribution in [0, 0.1) is 5.82 Å². The van der Waals surface area contributed by atoms with Gasteiger partial charge in [-0.1, -0.05) is 41.9 Å². The van der Waals surface area contributed by atoms with Crippen LogP contribution in [0.25, 0.3) is 0 Å². The molecule has 2 aromatic carbocycles. The number of anilines is 1. The molecule has 1 unspecified atom stereocenters. The molecular formula is C16H17ClFNO. The standard InChI is InChI=1S/C16H17ClFNO/c1-16(11-20,10-12-6-2-4-8-14(12)18)19-15-9-5-3-7-13(15)17/h2-9,19-20H,10-11H2,1H3. The van der Waals surface area contributed by atoms with Gasteiger partial charge in [0, 0.05) is 6.42 Å². The van der Waals surface area contributed by atoms with E-state index in [-0.39, 0.29) is 12.4 Å². The summed E-state index contributed by atoms with van der Waals surface area (Å²) < 4.78 is 13.7. The van der Waals surface area contributed by atoms with E-state index in [9.17, 15) is 9.50 Å². The lowest BCUT2D eigenvalue weighted by molar-refractivity contribution is 0.221. The molecule has 0 saturated carbocycles. The summed E-state index contributed by atoms with van der Waals surface area (Å²) in [7, 11) is 0. The molecular weight excluding hydrogens is 277 g/mol. The van der Waals surface area contributed by atoms with Crippen molar-refractivity contribution >= 4 is 17.3 Å². The molecule has 20 heavy (non-hydrogen) atoms. The van der Waals surface area contributed by atoms with Gasteiger partial charge in [0.25, 0.3) is 0 Å². The third-order valence-electron chi connectivity index (χ3n) is 3.20. The number of halogens is 2. The van der Waals surface area contributed by atoms with Gasteiger partial charge in [0.1, 0.15) is 5.82 Å². The smallest absolute Gasteiger partial charge is 0.126 e. The van der Waals surface area contributed by atoms with Crippen molar-refractivity contribution in [2.45, 2.75) is 18.9 Å². The zero-order valence-corrected chi connectivity index (χ0v) is 12.0. The first-order chi connectivity index (χ1) is 9.54. The van der Waals surface area contributed by atoms with Crippen molar-refractivity contribution in [2.75, 3.05) is 11.9 Å². The quantitative estimate of drug-likeness (QED) is 0.877. The number of aliphatic hydroxyl groups excluding tert-OH is 1. The molecule has 0 bridgehead atoms. The molecule has 0 aliphatic carbocycles. The highest BCUT2D eigenvalue weighted by Gasteiger charge is 2.25. The van der Waals surface area contributed by atoms with E-state index in [4.69, 9.17) is 11.6 Å². The fraction of sp³-hybridized carbons (Fsp3) is 0.250. The lowest BCUT2D eigenvalue weighted by Gasteiger charge is -2.30. The van der Waals surface area contributed by atoms with Crippen molar-refractivity contribution in [3.63, 3.8) is 0 Å². The van der Waals surface area contributed by atoms with Crippen LogP contribution in [0.2, 0.25) is 5.02 Å². The Labute approximate surface area is 123 Å². The zero-order valence-electron chi connectivity index (χ0n) is 11.2. The summed E-state index contributed by atoms with van der Waals surface area (Å²) in [4.78, 5) is 0. The molecule has 0 radical (unpaired) electrons. The lowest BCUT2D eigenvalue weighted by atomic mass is 9.93. The number of para-hydroxylation sites is 1. The second kappa shape index (κ2) is 6.25. The average molecular weight is 294 g/mol. The molecule has 0 amide bonds. The average Bonchev–Trinajstić information content (AvgIpc) is 2.44. The number of rotatable bonds is 5. The Hall–Kier alpha value is -1.58.